The standard InChI is InChI=1S/C9H13N3O3/c1-6-7(4-12(2)11-6)3-8(9(14)15)10-5-13/h4-5,8H,3H2,1-2H3,(H,10,13)(H,14,15). The summed E-state index contributed by atoms with van der Waals surface area (Å²) in [5, 5.41) is 15.2. The molecule has 0 aliphatic carbocycles. The third kappa shape index (κ3) is 2.80. The van der Waals surface area contributed by atoms with Gasteiger partial charge >= 0.3 is 5.97 Å². The Morgan fingerprint density at radius 3 is 2.87 bits per heavy atom. The van der Waals surface area contributed by atoms with Crippen LogP contribution in [-0.4, -0.2) is 33.3 Å². The second-order valence-corrected chi connectivity index (χ2v) is 3.29. The van der Waals surface area contributed by atoms with Crippen molar-refractivity contribution < 1.29 is 14.7 Å². The van der Waals surface area contributed by atoms with Gasteiger partial charge in [0.2, 0.25) is 6.41 Å². The zero-order valence-corrected chi connectivity index (χ0v) is 8.60. The van der Waals surface area contributed by atoms with Gasteiger partial charge in [0.15, 0.2) is 0 Å². The molecule has 6 nitrogen and oxygen atoms in total. The van der Waals surface area contributed by atoms with Crippen LogP contribution in [0.5, 0.6) is 0 Å². The Kier molecular flexibility index (Phi) is 3.43. The van der Waals surface area contributed by atoms with Crippen LogP contribution in [0.1, 0.15) is 11.3 Å². The maximum Gasteiger partial charge on any atom is 0.326 e. The number of aryl methyl sites for hydroxylation is 2. The first-order chi connectivity index (χ1) is 7.04. The van der Waals surface area contributed by atoms with Crippen LogP contribution in [0.15, 0.2) is 6.20 Å². The van der Waals surface area contributed by atoms with E-state index in [1.165, 1.54) is 0 Å². The highest BCUT2D eigenvalue weighted by atomic mass is 16.4. The summed E-state index contributed by atoms with van der Waals surface area (Å²) < 4.78 is 1.62. The third-order valence-electron chi connectivity index (χ3n) is 2.11. The van der Waals surface area contributed by atoms with E-state index in [1.54, 1.807) is 24.9 Å². The number of rotatable bonds is 5. The number of nitrogens with one attached hydrogen (secondary N) is 1. The van der Waals surface area contributed by atoms with Gasteiger partial charge in [0.1, 0.15) is 6.04 Å². The molecule has 0 aliphatic rings. The molecule has 0 saturated carbocycles. The molecule has 0 bridgehead atoms. The van der Waals surface area contributed by atoms with Crippen molar-refractivity contribution in [1.82, 2.24) is 15.1 Å². The minimum Gasteiger partial charge on any atom is -0.480 e. The minimum atomic E-state index is -1.05. The van der Waals surface area contributed by atoms with Crippen LogP contribution >= 0.6 is 0 Å². The van der Waals surface area contributed by atoms with E-state index in [9.17, 15) is 9.59 Å². The smallest absolute Gasteiger partial charge is 0.326 e. The maximum atomic E-state index is 10.8. The number of carbonyl (C=O) groups excluding carboxylic acids is 1. The largest absolute Gasteiger partial charge is 0.480 e. The molecule has 0 fully saturated rings. The lowest BCUT2D eigenvalue weighted by atomic mass is 10.1. The topological polar surface area (TPSA) is 84.2 Å². The van der Waals surface area contributed by atoms with E-state index >= 15 is 0 Å². The first-order valence-electron chi connectivity index (χ1n) is 4.46. The predicted molar refractivity (Wildman–Crippen MR) is 52.3 cm³/mol. The van der Waals surface area contributed by atoms with Crippen molar-refractivity contribution in [3.63, 3.8) is 0 Å². The lowest BCUT2D eigenvalue weighted by molar-refractivity contribution is -0.140. The first-order valence-corrected chi connectivity index (χ1v) is 4.46. The first kappa shape index (κ1) is 11.2. The Bertz CT molecular complexity index is 373. The number of carboxylic acids is 1. The Morgan fingerprint density at radius 2 is 2.47 bits per heavy atom. The fraction of sp³-hybridized carbons (Fsp3) is 0.444. The molecule has 1 amide bonds. The number of hydrogen-bond donors (Lipinski definition) is 2. The molecule has 2 N–H and O–H groups in total. The SMILES string of the molecule is Cc1nn(C)cc1CC(NC=O)C(=O)O. The number of carbonyl (C=O) groups is 2. The summed E-state index contributed by atoms with van der Waals surface area (Å²) in [6.45, 7) is 1.80. The number of amides is 1. The highest BCUT2D eigenvalue weighted by molar-refractivity contribution is 5.76. The Hall–Kier alpha value is -1.85. The van der Waals surface area contributed by atoms with Gasteiger partial charge in [-0.2, -0.15) is 5.10 Å². The molecule has 82 valence electrons. The molecule has 1 rings (SSSR count). The Labute approximate surface area is 86.9 Å². The number of aromatic nitrogens is 2. The van der Waals surface area contributed by atoms with Crippen molar-refractivity contribution in [2.24, 2.45) is 7.05 Å². The zero-order chi connectivity index (χ0) is 11.4. The van der Waals surface area contributed by atoms with Crippen molar-refractivity contribution in [3.05, 3.63) is 17.5 Å². The van der Waals surface area contributed by atoms with Crippen LogP contribution in [0, 0.1) is 6.92 Å². The number of aliphatic carboxylic acids is 1. The number of nitrogens with zero attached hydrogens (tertiary/aromatic N) is 2. The highest BCUT2D eigenvalue weighted by Crippen LogP contribution is 2.07. The van der Waals surface area contributed by atoms with Gasteiger partial charge in [0.25, 0.3) is 0 Å². The predicted octanol–water partition coefficient (Wildman–Crippen LogP) is -0.530. The molecule has 1 aromatic heterocycles. The molecule has 0 radical (unpaired) electrons. The second-order valence-electron chi connectivity index (χ2n) is 3.29. The Balaban J connectivity index is 2.77. The van der Waals surface area contributed by atoms with Gasteiger partial charge in [-0.3, -0.25) is 9.48 Å². The summed E-state index contributed by atoms with van der Waals surface area (Å²) >= 11 is 0. The molecule has 0 aromatic carbocycles. The van der Waals surface area contributed by atoms with E-state index in [-0.39, 0.29) is 6.42 Å². The number of carboxylic acid groups (broad SMARTS) is 1. The molecule has 0 saturated heterocycles. The van der Waals surface area contributed by atoms with Crippen molar-refractivity contribution >= 4 is 12.4 Å². The van der Waals surface area contributed by atoms with Gasteiger partial charge in [-0.05, 0) is 12.5 Å². The van der Waals surface area contributed by atoms with E-state index in [2.05, 4.69) is 10.4 Å². The van der Waals surface area contributed by atoms with E-state index in [4.69, 9.17) is 5.11 Å². The molecule has 1 heterocycles. The lowest BCUT2D eigenvalue weighted by Crippen LogP contribution is -2.37. The summed E-state index contributed by atoms with van der Waals surface area (Å²) in [5.41, 5.74) is 1.59. The van der Waals surface area contributed by atoms with Gasteiger partial charge in [0.05, 0.1) is 5.69 Å². The fourth-order valence-corrected chi connectivity index (χ4v) is 1.37. The molecular weight excluding hydrogens is 198 g/mol. The van der Waals surface area contributed by atoms with E-state index in [0.717, 1.165) is 11.3 Å². The summed E-state index contributed by atoms with van der Waals surface area (Å²) in [7, 11) is 1.76. The van der Waals surface area contributed by atoms with Crippen molar-refractivity contribution in [2.45, 2.75) is 19.4 Å². The molecule has 1 atom stereocenters. The summed E-state index contributed by atoms with van der Waals surface area (Å²) in [6.07, 6.45) is 2.38. The molecule has 0 spiro atoms. The monoisotopic (exact) mass is 211 g/mol. The van der Waals surface area contributed by atoms with Gasteiger partial charge in [-0.15, -0.1) is 0 Å². The molecule has 1 aromatic rings. The van der Waals surface area contributed by atoms with Gasteiger partial charge in [0, 0.05) is 19.7 Å². The number of hydrogen-bond acceptors (Lipinski definition) is 3. The molecule has 1 unspecified atom stereocenters. The molecule has 0 aliphatic heterocycles. The highest BCUT2D eigenvalue weighted by Gasteiger charge is 2.18. The summed E-state index contributed by atoms with van der Waals surface area (Å²) in [6, 6.07) is -0.898. The van der Waals surface area contributed by atoms with E-state index in [0.29, 0.717) is 6.41 Å². The quantitative estimate of drug-likeness (QED) is 0.641. The minimum absolute atomic E-state index is 0.244. The summed E-state index contributed by atoms with van der Waals surface area (Å²) in [5.74, 6) is -1.05. The summed E-state index contributed by atoms with van der Waals surface area (Å²) in [4.78, 5) is 21.0. The normalized spacial score (nSPS) is 12.1. The molecular formula is C9H13N3O3. The van der Waals surface area contributed by atoms with Crippen LogP contribution in [0.25, 0.3) is 0 Å². The average Bonchev–Trinajstić information content (AvgIpc) is 2.44. The van der Waals surface area contributed by atoms with Crippen LogP contribution in [-0.2, 0) is 23.1 Å². The van der Waals surface area contributed by atoms with Crippen LogP contribution in [0.4, 0.5) is 0 Å². The fourth-order valence-electron chi connectivity index (χ4n) is 1.37. The van der Waals surface area contributed by atoms with E-state index < -0.39 is 12.0 Å². The van der Waals surface area contributed by atoms with Crippen LogP contribution in [0.3, 0.4) is 0 Å². The van der Waals surface area contributed by atoms with Crippen molar-refractivity contribution in [2.75, 3.05) is 0 Å². The van der Waals surface area contributed by atoms with Gasteiger partial charge in [-0.25, -0.2) is 4.79 Å². The van der Waals surface area contributed by atoms with Crippen LogP contribution < -0.4 is 5.32 Å². The second kappa shape index (κ2) is 4.59. The molecule has 6 heteroatoms. The molecule has 15 heavy (non-hydrogen) atoms. The zero-order valence-electron chi connectivity index (χ0n) is 8.60. The van der Waals surface area contributed by atoms with Crippen LogP contribution in [0.2, 0.25) is 0 Å². The van der Waals surface area contributed by atoms with Gasteiger partial charge < -0.3 is 10.4 Å². The Morgan fingerprint density at radius 1 is 1.80 bits per heavy atom. The third-order valence-corrected chi connectivity index (χ3v) is 2.11. The maximum absolute atomic E-state index is 10.8. The van der Waals surface area contributed by atoms with Crippen molar-refractivity contribution in [3.8, 4) is 0 Å². The van der Waals surface area contributed by atoms with Crippen molar-refractivity contribution in [1.29, 1.82) is 0 Å². The average molecular weight is 211 g/mol. The van der Waals surface area contributed by atoms with Gasteiger partial charge in [-0.1, -0.05) is 0 Å². The lowest BCUT2D eigenvalue weighted by Gasteiger charge is -2.09. The van der Waals surface area contributed by atoms with E-state index in [1.807, 2.05) is 0 Å².